The van der Waals surface area contributed by atoms with Crippen LogP contribution in [0.3, 0.4) is 0 Å². The fraction of sp³-hybridized carbons (Fsp3) is 0.133. The average Bonchev–Trinajstić information content (AvgIpc) is 2.46. The van der Waals surface area contributed by atoms with Gasteiger partial charge in [0.2, 0.25) is 0 Å². The maximum absolute atomic E-state index is 10.8. The molecule has 0 amide bonds. The van der Waals surface area contributed by atoms with Crippen molar-refractivity contribution in [2.75, 3.05) is 12.8 Å². The van der Waals surface area contributed by atoms with Crippen molar-refractivity contribution in [3.63, 3.8) is 0 Å². The molecule has 2 aromatic carbocycles. The fourth-order valence-corrected chi connectivity index (χ4v) is 1.70. The van der Waals surface area contributed by atoms with Crippen molar-refractivity contribution in [1.29, 1.82) is 0 Å². The van der Waals surface area contributed by atoms with Gasteiger partial charge in [0.15, 0.2) is 17.8 Å². The summed E-state index contributed by atoms with van der Waals surface area (Å²) in [6, 6.07) is 12.9. The predicted octanol–water partition coefficient (Wildman–Crippen LogP) is 2.67. The van der Waals surface area contributed by atoms with Crippen molar-refractivity contribution >= 4 is 12.0 Å². The Morgan fingerprint density at radius 2 is 1.89 bits per heavy atom. The van der Waals surface area contributed by atoms with Gasteiger partial charge in [0.05, 0.1) is 7.11 Å². The van der Waals surface area contributed by atoms with Crippen LogP contribution in [0.1, 0.15) is 15.9 Å². The number of hydrogen-bond acceptors (Lipinski definition) is 4. The van der Waals surface area contributed by atoms with Crippen LogP contribution in [-0.4, -0.2) is 13.4 Å². The Morgan fingerprint density at radius 1 is 1.16 bits per heavy atom. The number of rotatable bonds is 5. The fourth-order valence-electron chi connectivity index (χ4n) is 1.70. The van der Waals surface area contributed by atoms with Gasteiger partial charge in [-0.15, -0.1) is 0 Å². The summed E-state index contributed by atoms with van der Waals surface area (Å²) in [6.07, 6.45) is 0.693. The van der Waals surface area contributed by atoms with E-state index in [9.17, 15) is 4.79 Å². The quantitative estimate of drug-likeness (QED) is 0.660. The van der Waals surface area contributed by atoms with Gasteiger partial charge in [0.1, 0.15) is 6.61 Å². The van der Waals surface area contributed by atoms with Crippen LogP contribution >= 0.6 is 0 Å². The van der Waals surface area contributed by atoms with Crippen LogP contribution in [0.5, 0.6) is 11.5 Å². The van der Waals surface area contributed by atoms with Crippen LogP contribution < -0.4 is 15.2 Å². The molecular weight excluding hydrogens is 242 g/mol. The number of aldehydes is 1. The van der Waals surface area contributed by atoms with Crippen molar-refractivity contribution in [3.05, 3.63) is 53.6 Å². The summed E-state index contributed by atoms with van der Waals surface area (Å²) in [5.41, 5.74) is 7.57. The first-order chi connectivity index (χ1) is 9.24. The van der Waals surface area contributed by atoms with Crippen molar-refractivity contribution in [2.45, 2.75) is 6.61 Å². The zero-order valence-corrected chi connectivity index (χ0v) is 10.6. The molecule has 4 nitrogen and oxygen atoms in total. The van der Waals surface area contributed by atoms with E-state index in [1.807, 2.05) is 30.3 Å². The first-order valence-corrected chi connectivity index (χ1v) is 5.84. The molecule has 0 aliphatic heterocycles. The van der Waals surface area contributed by atoms with Crippen LogP contribution in [-0.2, 0) is 6.61 Å². The van der Waals surface area contributed by atoms with Gasteiger partial charge in [0, 0.05) is 17.3 Å². The molecule has 0 spiro atoms. The number of methoxy groups -OCH3 is 1. The summed E-state index contributed by atoms with van der Waals surface area (Å²) in [7, 11) is 1.52. The largest absolute Gasteiger partial charge is 0.493 e. The second-order valence-electron chi connectivity index (χ2n) is 4.02. The third kappa shape index (κ3) is 3.04. The van der Waals surface area contributed by atoms with Gasteiger partial charge in [-0.3, -0.25) is 4.79 Å². The third-order valence-corrected chi connectivity index (χ3v) is 2.73. The number of ether oxygens (including phenoxy) is 2. The lowest BCUT2D eigenvalue weighted by molar-refractivity contribution is 0.112. The van der Waals surface area contributed by atoms with Crippen LogP contribution in [0.15, 0.2) is 42.5 Å². The molecule has 19 heavy (non-hydrogen) atoms. The Hall–Kier alpha value is -2.49. The van der Waals surface area contributed by atoms with E-state index in [4.69, 9.17) is 15.2 Å². The third-order valence-electron chi connectivity index (χ3n) is 2.73. The summed E-state index contributed by atoms with van der Waals surface area (Å²) >= 11 is 0. The standard InChI is InChI=1S/C15H15NO3/c1-18-14-7-12(9-17)13(16)8-15(14)19-10-11-5-3-2-4-6-11/h2-9H,10,16H2,1H3. The summed E-state index contributed by atoms with van der Waals surface area (Å²) in [4.78, 5) is 10.8. The normalized spacial score (nSPS) is 9.95. The first kappa shape index (κ1) is 13.0. The van der Waals surface area contributed by atoms with E-state index in [1.165, 1.54) is 7.11 Å². The first-order valence-electron chi connectivity index (χ1n) is 5.84. The summed E-state index contributed by atoms with van der Waals surface area (Å²) in [5.74, 6) is 1.02. The molecule has 2 N–H and O–H groups in total. The lowest BCUT2D eigenvalue weighted by Gasteiger charge is -2.12. The molecule has 98 valence electrons. The molecule has 0 saturated heterocycles. The van der Waals surface area contributed by atoms with Crippen LogP contribution in [0.25, 0.3) is 0 Å². The minimum atomic E-state index is 0.374. The van der Waals surface area contributed by atoms with E-state index in [1.54, 1.807) is 12.1 Å². The van der Waals surface area contributed by atoms with Gasteiger partial charge < -0.3 is 15.2 Å². The van der Waals surface area contributed by atoms with E-state index >= 15 is 0 Å². The molecule has 2 rings (SSSR count). The molecule has 0 bridgehead atoms. The highest BCUT2D eigenvalue weighted by Crippen LogP contribution is 2.32. The predicted molar refractivity (Wildman–Crippen MR) is 73.6 cm³/mol. The SMILES string of the molecule is COc1cc(C=O)c(N)cc1OCc1ccccc1. The Bertz CT molecular complexity index is 567. The molecule has 0 aromatic heterocycles. The second-order valence-corrected chi connectivity index (χ2v) is 4.02. The summed E-state index contributed by atoms with van der Waals surface area (Å²) < 4.78 is 10.9. The zero-order valence-electron chi connectivity index (χ0n) is 10.6. The van der Waals surface area contributed by atoms with Crippen molar-refractivity contribution in [1.82, 2.24) is 0 Å². The monoisotopic (exact) mass is 257 g/mol. The number of nitrogen functional groups attached to an aromatic ring is 1. The number of benzene rings is 2. The molecule has 2 aromatic rings. The van der Waals surface area contributed by atoms with Gasteiger partial charge in [-0.2, -0.15) is 0 Å². The van der Waals surface area contributed by atoms with Gasteiger partial charge in [-0.1, -0.05) is 30.3 Å². The maximum Gasteiger partial charge on any atom is 0.163 e. The number of nitrogens with two attached hydrogens (primary N) is 1. The molecule has 0 saturated carbocycles. The molecule has 0 unspecified atom stereocenters. The Morgan fingerprint density at radius 3 is 2.53 bits per heavy atom. The van der Waals surface area contributed by atoms with E-state index in [2.05, 4.69) is 0 Å². The second kappa shape index (κ2) is 5.91. The lowest BCUT2D eigenvalue weighted by Crippen LogP contribution is -2.01. The Balaban J connectivity index is 2.20. The summed E-state index contributed by atoms with van der Waals surface area (Å²) in [5, 5.41) is 0. The molecule has 4 heteroatoms. The van der Waals surface area contributed by atoms with E-state index in [-0.39, 0.29) is 0 Å². The molecule has 0 heterocycles. The zero-order chi connectivity index (χ0) is 13.7. The van der Waals surface area contributed by atoms with Crippen molar-refractivity contribution < 1.29 is 14.3 Å². The molecule has 0 fully saturated rings. The van der Waals surface area contributed by atoms with E-state index in [0.29, 0.717) is 35.6 Å². The number of hydrogen-bond donors (Lipinski definition) is 1. The highest BCUT2D eigenvalue weighted by atomic mass is 16.5. The van der Waals surface area contributed by atoms with Crippen LogP contribution in [0.4, 0.5) is 5.69 Å². The minimum absolute atomic E-state index is 0.374. The van der Waals surface area contributed by atoms with Gasteiger partial charge in [-0.25, -0.2) is 0 Å². The average molecular weight is 257 g/mol. The highest BCUT2D eigenvalue weighted by Gasteiger charge is 2.09. The van der Waals surface area contributed by atoms with Crippen LogP contribution in [0, 0.1) is 0 Å². The smallest absolute Gasteiger partial charge is 0.163 e. The van der Waals surface area contributed by atoms with Gasteiger partial charge in [-0.05, 0) is 11.6 Å². The van der Waals surface area contributed by atoms with Crippen LogP contribution in [0.2, 0.25) is 0 Å². The van der Waals surface area contributed by atoms with Crippen molar-refractivity contribution in [3.8, 4) is 11.5 Å². The van der Waals surface area contributed by atoms with E-state index in [0.717, 1.165) is 5.56 Å². The summed E-state index contributed by atoms with van der Waals surface area (Å²) in [6.45, 7) is 0.414. The minimum Gasteiger partial charge on any atom is -0.493 e. The van der Waals surface area contributed by atoms with Gasteiger partial charge in [0.25, 0.3) is 0 Å². The molecular formula is C15H15NO3. The Kier molecular flexibility index (Phi) is 4.03. The number of carbonyl (C=O) groups excluding carboxylic acids is 1. The maximum atomic E-state index is 10.8. The molecule has 0 aliphatic carbocycles. The van der Waals surface area contributed by atoms with Crippen molar-refractivity contribution in [2.24, 2.45) is 0 Å². The number of anilines is 1. The number of carbonyl (C=O) groups is 1. The topological polar surface area (TPSA) is 61.5 Å². The molecule has 0 radical (unpaired) electrons. The Labute approximate surface area is 111 Å². The highest BCUT2D eigenvalue weighted by molar-refractivity contribution is 5.85. The van der Waals surface area contributed by atoms with Gasteiger partial charge >= 0.3 is 0 Å². The van der Waals surface area contributed by atoms with E-state index < -0.39 is 0 Å². The molecule has 0 atom stereocenters. The lowest BCUT2D eigenvalue weighted by atomic mass is 10.1. The molecule has 0 aliphatic rings.